The van der Waals surface area contributed by atoms with Gasteiger partial charge in [-0.25, -0.2) is 0 Å². The lowest BCUT2D eigenvalue weighted by molar-refractivity contribution is -0.115. The Morgan fingerprint density at radius 3 is 2.62 bits per heavy atom. The van der Waals surface area contributed by atoms with Gasteiger partial charge in [0.15, 0.2) is 0 Å². The standard InChI is InChI=1S/C23H28ClN3O2/c1-17-8-11-27(12-9-17)13-10-18-4-2-7-21(14-18)26-22(28)16-25-23(29)19-5-3-6-20(24)15-19/h2-7,14-15,17H,8-13,16H2,1H3,(H,25,29)(H,26,28). The summed E-state index contributed by atoms with van der Waals surface area (Å²) in [6.07, 6.45) is 3.51. The Kier molecular flexibility index (Phi) is 7.67. The molecule has 1 heterocycles. The number of hydrogen-bond acceptors (Lipinski definition) is 3. The molecule has 0 bridgehead atoms. The number of carbonyl (C=O) groups excluding carboxylic acids is 2. The van der Waals surface area contributed by atoms with Crippen LogP contribution in [0.5, 0.6) is 0 Å². The van der Waals surface area contributed by atoms with Crippen LogP contribution in [-0.2, 0) is 11.2 Å². The fourth-order valence-corrected chi connectivity index (χ4v) is 3.67. The van der Waals surface area contributed by atoms with E-state index in [1.807, 2.05) is 18.2 Å². The maximum absolute atomic E-state index is 12.2. The van der Waals surface area contributed by atoms with Gasteiger partial charge in [0.05, 0.1) is 6.54 Å². The molecule has 0 unspecified atom stereocenters. The quantitative estimate of drug-likeness (QED) is 0.721. The van der Waals surface area contributed by atoms with E-state index in [1.54, 1.807) is 24.3 Å². The number of rotatable bonds is 7. The van der Waals surface area contributed by atoms with Crippen LogP contribution in [0.2, 0.25) is 5.02 Å². The number of amides is 2. The lowest BCUT2D eigenvalue weighted by Gasteiger charge is -2.30. The number of benzene rings is 2. The summed E-state index contributed by atoms with van der Waals surface area (Å²) in [5.41, 5.74) is 2.38. The van der Waals surface area contributed by atoms with Crippen LogP contribution in [0.15, 0.2) is 48.5 Å². The first kappa shape index (κ1) is 21.3. The van der Waals surface area contributed by atoms with Crippen LogP contribution in [0.1, 0.15) is 35.7 Å². The van der Waals surface area contributed by atoms with Crippen molar-refractivity contribution in [3.8, 4) is 0 Å². The second kappa shape index (κ2) is 10.4. The number of nitrogens with one attached hydrogen (secondary N) is 2. The molecule has 1 saturated heterocycles. The summed E-state index contributed by atoms with van der Waals surface area (Å²) in [7, 11) is 0. The van der Waals surface area contributed by atoms with Crippen molar-refractivity contribution >= 4 is 29.1 Å². The molecule has 1 aliphatic rings. The first-order valence-electron chi connectivity index (χ1n) is 10.1. The molecule has 5 nitrogen and oxygen atoms in total. The summed E-state index contributed by atoms with van der Waals surface area (Å²) >= 11 is 5.89. The lowest BCUT2D eigenvalue weighted by atomic mass is 9.99. The van der Waals surface area contributed by atoms with E-state index in [2.05, 4.69) is 28.5 Å². The predicted octanol–water partition coefficient (Wildman–Crippen LogP) is 3.98. The van der Waals surface area contributed by atoms with Crippen molar-refractivity contribution in [1.82, 2.24) is 10.2 Å². The number of nitrogens with zero attached hydrogens (tertiary/aromatic N) is 1. The summed E-state index contributed by atoms with van der Waals surface area (Å²) < 4.78 is 0. The van der Waals surface area contributed by atoms with Gasteiger partial charge >= 0.3 is 0 Å². The lowest BCUT2D eigenvalue weighted by Crippen LogP contribution is -2.34. The zero-order chi connectivity index (χ0) is 20.6. The third-order valence-electron chi connectivity index (χ3n) is 5.30. The molecule has 29 heavy (non-hydrogen) atoms. The van der Waals surface area contributed by atoms with Gasteiger partial charge in [0.2, 0.25) is 5.91 Å². The molecule has 0 saturated carbocycles. The van der Waals surface area contributed by atoms with Crippen molar-refractivity contribution in [1.29, 1.82) is 0 Å². The van der Waals surface area contributed by atoms with Crippen LogP contribution in [-0.4, -0.2) is 42.9 Å². The Hall–Kier alpha value is -2.37. The fourth-order valence-electron chi connectivity index (χ4n) is 3.47. The summed E-state index contributed by atoms with van der Waals surface area (Å²) in [5, 5.41) is 5.95. The van der Waals surface area contributed by atoms with Gasteiger partial charge in [-0.1, -0.05) is 36.7 Å². The van der Waals surface area contributed by atoms with Crippen molar-refractivity contribution in [2.75, 3.05) is 31.5 Å². The predicted molar refractivity (Wildman–Crippen MR) is 117 cm³/mol. The number of hydrogen-bond donors (Lipinski definition) is 2. The van der Waals surface area contributed by atoms with Crippen LogP contribution in [0.4, 0.5) is 5.69 Å². The van der Waals surface area contributed by atoms with E-state index in [0.717, 1.165) is 24.6 Å². The van der Waals surface area contributed by atoms with Crippen molar-refractivity contribution in [2.24, 2.45) is 5.92 Å². The molecule has 1 fully saturated rings. The number of piperidine rings is 1. The van der Waals surface area contributed by atoms with E-state index in [4.69, 9.17) is 11.6 Å². The summed E-state index contributed by atoms with van der Waals surface area (Å²) in [4.78, 5) is 26.8. The van der Waals surface area contributed by atoms with Gasteiger partial charge in [-0.3, -0.25) is 9.59 Å². The molecule has 154 valence electrons. The van der Waals surface area contributed by atoms with Gasteiger partial charge < -0.3 is 15.5 Å². The summed E-state index contributed by atoms with van der Waals surface area (Å²) in [5.74, 6) is 0.249. The van der Waals surface area contributed by atoms with Crippen LogP contribution in [0.3, 0.4) is 0 Å². The molecule has 1 aliphatic heterocycles. The van der Waals surface area contributed by atoms with E-state index in [-0.39, 0.29) is 18.4 Å². The SMILES string of the molecule is CC1CCN(CCc2cccc(NC(=O)CNC(=O)c3cccc(Cl)c3)c2)CC1. The van der Waals surface area contributed by atoms with Crippen LogP contribution < -0.4 is 10.6 Å². The van der Waals surface area contributed by atoms with E-state index in [0.29, 0.717) is 10.6 Å². The summed E-state index contributed by atoms with van der Waals surface area (Å²) in [6, 6.07) is 14.5. The molecule has 2 amide bonds. The highest BCUT2D eigenvalue weighted by Crippen LogP contribution is 2.17. The molecular formula is C23H28ClN3O2. The molecular weight excluding hydrogens is 386 g/mol. The molecule has 2 aromatic carbocycles. The van der Waals surface area contributed by atoms with E-state index in [1.165, 1.54) is 31.5 Å². The van der Waals surface area contributed by atoms with Crippen molar-refractivity contribution < 1.29 is 9.59 Å². The zero-order valence-corrected chi connectivity index (χ0v) is 17.5. The first-order chi connectivity index (χ1) is 14.0. The van der Waals surface area contributed by atoms with Gasteiger partial charge in [-0.15, -0.1) is 0 Å². The molecule has 2 aromatic rings. The van der Waals surface area contributed by atoms with Gasteiger partial charge in [-0.2, -0.15) is 0 Å². The number of anilines is 1. The Bertz CT molecular complexity index is 848. The average Bonchev–Trinajstić information content (AvgIpc) is 2.72. The smallest absolute Gasteiger partial charge is 0.251 e. The normalized spacial score (nSPS) is 15.1. The molecule has 0 spiro atoms. The first-order valence-corrected chi connectivity index (χ1v) is 10.5. The highest BCUT2D eigenvalue weighted by atomic mass is 35.5. The molecule has 2 N–H and O–H groups in total. The molecule has 0 atom stereocenters. The monoisotopic (exact) mass is 413 g/mol. The van der Waals surface area contributed by atoms with Crippen LogP contribution in [0, 0.1) is 5.92 Å². The van der Waals surface area contributed by atoms with E-state index >= 15 is 0 Å². The number of carbonyl (C=O) groups is 2. The number of halogens is 1. The zero-order valence-electron chi connectivity index (χ0n) is 16.8. The highest BCUT2D eigenvalue weighted by Gasteiger charge is 2.15. The molecule has 0 aromatic heterocycles. The molecule has 6 heteroatoms. The van der Waals surface area contributed by atoms with E-state index in [9.17, 15) is 9.59 Å². The van der Waals surface area contributed by atoms with Gasteiger partial charge in [-0.05, 0) is 74.2 Å². The second-order valence-corrected chi connectivity index (χ2v) is 8.15. The van der Waals surface area contributed by atoms with E-state index < -0.39 is 0 Å². The van der Waals surface area contributed by atoms with Crippen molar-refractivity contribution in [3.63, 3.8) is 0 Å². The largest absolute Gasteiger partial charge is 0.343 e. The Morgan fingerprint density at radius 1 is 1.10 bits per heavy atom. The maximum atomic E-state index is 12.2. The van der Waals surface area contributed by atoms with Gasteiger partial charge in [0, 0.05) is 22.8 Å². The molecule has 3 rings (SSSR count). The fraction of sp³-hybridized carbons (Fsp3) is 0.391. The Labute approximate surface area is 177 Å². The maximum Gasteiger partial charge on any atom is 0.251 e. The third kappa shape index (κ3) is 6.87. The summed E-state index contributed by atoms with van der Waals surface area (Å²) in [6.45, 7) is 5.61. The van der Waals surface area contributed by atoms with Gasteiger partial charge in [0.1, 0.15) is 0 Å². The van der Waals surface area contributed by atoms with Crippen LogP contribution in [0.25, 0.3) is 0 Å². The molecule has 0 radical (unpaired) electrons. The third-order valence-corrected chi connectivity index (χ3v) is 5.54. The second-order valence-electron chi connectivity index (χ2n) is 7.72. The van der Waals surface area contributed by atoms with Crippen molar-refractivity contribution in [3.05, 3.63) is 64.7 Å². The number of likely N-dealkylation sites (tertiary alicyclic amines) is 1. The Morgan fingerprint density at radius 2 is 1.86 bits per heavy atom. The average molecular weight is 414 g/mol. The topological polar surface area (TPSA) is 61.4 Å². The highest BCUT2D eigenvalue weighted by molar-refractivity contribution is 6.31. The van der Waals surface area contributed by atoms with Gasteiger partial charge in [0.25, 0.3) is 5.91 Å². The minimum atomic E-state index is -0.327. The minimum Gasteiger partial charge on any atom is -0.343 e. The van der Waals surface area contributed by atoms with Crippen molar-refractivity contribution in [2.45, 2.75) is 26.2 Å². The van der Waals surface area contributed by atoms with Crippen LogP contribution >= 0.6 is 11.6 Å². The Balaban J connectivity index is 1.45. The molecule has 0 aliphatic carbocycles. The minimum absolute atomic E-state index is 0.0957.